The number of alkyl halides is 3. The zero-order valence-corrected chi connectivity index (χ0v) is 44.2. The van der Waals surface area contributed by atoms with Crippen molar-refractivity contribution in [2.45, 2.75) is 6.18 Å². The van der Waals surface area contributed by atoms with Crippen LogP contribution in [0, 0.1) is 113 Å². The van der Waals surface area contributed by atoms with Crippen molar-refractivity contribution in [1.29, 1.82) is 52.6 Å². The molecule has 0 atom stereocenters. The van der Waals surface area contributed by atoms with Crippen LogP contribution >= 0.6 is 0 Å². The fourth-order valence-electron chi connectivity index (χ4n) is 11.3. The molecule has 0 aliphatic heterocycles. The first-order chi connectivity index (χ1) is 41.7. The van der Waals surface area contributed by atoms with Gasteiger partial charge in [-0.05, 0) is 177 Å². The molecule has 0 radical (unpaired) electrons. The van der Waals surface area contributed by atoms with E-state index in [1.807, 2.05) is 30.3 Å². The molecule has 0 amide bonds. The van der Waals surface area contributed by atoms with Crippen LogP contribution in [0.5, 0.6) is 0 Å². The molecular formula is C71H29F3N12. The zero-order chi connectivity index (χ0) is 60.1. The molecule has 0 unspecified atom stereocenters. The molecule has 0 saturated heterocycles. The molecule has 12 rings (SSSR count). The van der Waals surface area contributed by atoms with E-state index in [1.165, 1.54) is 48.5 Å². The molecule has 0 N–H and O–H groups in total. The first kappa shape index (κ1) is 53.1. The van der Waals surface area contributed by atoms with E-state index in [0.29, 0.717) is 88.1 Å². The van der Waals surface area contributed by atoms with Gasteiger partial charge in [0, 0.05) is 21.5 Å². The van der Waals surface area contributed by atoms with E-state index in [9.17, 15) is 52.6 Å². The highest BCUT2D eigenvalue weighted by Crippen LogP contribution is 2.46. The summed E-state index contributed by atoms with van der Waals surface area (Å²) in [6.07, 6.45) is -5.02. The number of benzene rings is 10. The van der Waals surface area contributed by atoms with Crippen molar-refractivity contribution in [3.63, 3.8) is 0 Å². The Kier molecular flexibility index (Phi) is 12.9. The van der Waals surface area contributed by atoms with Crippen LogP contribution in [0.15, 0.2) is 176 Å². The maximum absolute atomic E-state index is 15.7. The normalized spacial score (nSPS) is 10.8. The van der Waals surface area contributed by atoms with E-state index in [-0.39, 0.29) is 78.1 Å². The molecule has 12 nitrogen and oxygen atoms in total. The third-order valence-electron chi connectivity index (χ3n) is 15.1. The van der Waals surface area contributed by atoms with Crippen molar-refractivity contribution in [2.24, 2.45) is 0 Å². The highest BCUT2D eigenvalue weighted by Gasteiger charge is 2.35. The Labute approximate surface area is 487 Å². The monoisotopic (exact) mass is 1110 g/mol. The minimum atomic E-state index is -5.02. The standard InChI is InChI=1S/C71H29F3N12/c72-71(73,74)64-23-40(30-75)1-6-58(64)57-28-69(85-65-24-49(53-15-41(31-76)11-42(16-53)32-77)2-7-59(65)60-8-3-50(25-66(60)85)54-17-43(33-78)12-44(18-54)34-79)63(39-84)70(29-57)86-67-26-51(55-19-45(35-80)13-46(20-55)36-81)4-9-61(67)62-10-5-52(27-68(62)86)56-21-47(37-82)14-48(22-56)38-83/h1-29H. The maximum Gasteiger partial charge on any atom is 0.417 e. The van der Waals surface area contributed by atoms with Crippen molar-refractivity contribution in [3.8, 4) is 128 Å². The second-order valence-electron chi connectivity index (χ2n) is 20.1. The lowest BCUT2D eigenvalue weighted by atomic mass is 9.94. The number of aromatic nitrogens is 2. The molecule has 0 bridgehead atoms. The van der Waals surface area contributed by atoms with Crippen LogP contribution in [0.1, 0.15) is 61.2 Å². The number of nitrogens with zero attached hydrogens (tertiary/aromatic N) is 12. The maximum atomic E-state index is 15.7. The molecule has 86 heavy (non-hydrogen) atoms. The van der Waals surface area contributed by atoms with Crippen molar-refractivity contribution in [2.75, 3.05) is 0 Å². The Morgan fingerprint density at radius 1 is 0.256 bits per heavy atom. The van der Waals surface area contributed by atoms with E-state index in [2.05, 4.69) is 54.6 Å². The summed E-state index contributed by atoms with van der Waals surface area (Å²) >= 11 is 0. The molecule has 0 aliphatic carbocycles. The van der Waals surface area contributed by atoms with Crippen LogP contribution in [0.3, 0.4) is 0 Å². The van der Waals surface area contributed by atoms with Gasteiger partial charge in [-0.2, -0.15) is 65.8 Å². The minimum Gasteiger partial charge on any atom is -0.308 e. The predicted molar refractivity (Wildman–Crippen MR) is 314 cm³/mol. The summed E-state index contributed by atoms with van der Waals surface area (Å²) < 4.78 is 50.6. The topological polar surface area (TPSA) is 248 Å². The largest absolute Gasteiger partial charge is 0.417 e. The zero-order valence-electron chi connectivity index (χ0n) is 44.2. The average molecular weight is 1110 g/mol. The van der Waals surface area contributed by atoms with E-state index in [4.69, 9.17) is 0 Å². The van der Waals surface area contributed by atoms with E-state index < -0.39 is 11.7 Å². The highest BCUT2D eigenvalue weighted by atomic mass is 19.4. The Balaban J connectivity index is 1.28. The number of fused-ring (bicyclic) bond motifs is 6. The highest BCUT2D eigenvalue weighted by molar-refractivity contribution is 6.13. The quantitative estimate of drug-likeness (QED) is 0.146. The molecule has 394 valence electrons. The smallest absolute Gasteiger partial charge is 0.308 e. The van der Waals surface area contributed by atoms with Gasteiger partial charge in [0.2, 0.25) is 0 Å². The minimum absolute atomic E-state index is 0.0445. The van der Waals surface area contributed by atoms with Crippen LogP contribution in [0.25, 0.3) is 111 Å². The number of nitriles is 10. The molecule has 0 fully saturated rings. The molecule has 0 saturated carbocycles. The second kappa shape index (κ2) is 20.9. The van der Waals surface area contributed by atoms with E-state index in [0.717, 1.165) is 6.07 Å². The lowest BCUT2D eigenvalue weighted by Gasteiger charge is -2.20. The van der Waals surface area contributed by atoms with Gasteiger partial charge < -0.3 is 9.13 Å². The van der Waals surface area contributed by atoms with Crippen LogP contribution in [-0.2, 0) is 6.18 Å². The van der Waals surface area contributed by atoms with Gasteiger partial charge in [-0.25, -0.2) is 0 Å². The molecule has 15 heteroatoms. The van der Waals surface area contributed by atoms with Gasteiger partial charge in [0.05, 0.1) is 144 Å². The first-order valence-corrected chi connectivity index (χ1v) is 25.9. The predicted octanol–water partition coefficient (Wildman–Crippen LogP) is 16.0. The van der Waals surface area contributed by atoms with Crippen LogP contribution in [0.4, 0.5) is 13.2 Å². The second-order valence-corrected chi connectivity index (χ2v) is 20.1. The summed E-state index contributed by atoms with van der Waals surface area (Å²) in [5, 5.41) is 105. The van der Waals surface area contributed by atoms with Gasteiger partial charge in [-0.15, -0.1) is 0 Å². The Morgan fingerprint density at radius 2 is 0.535 bits per heavy atom. The van der Waals surface area contributed by atoms with Crippen LogP contribution < -0.4 is 0 Å². The summed E-state index contributed by atoms with van der Waals surface area (Å²) in [4.78, 5) is 0. The third-order valence-corrected chi connectivity index (χ3v) is 15.1. The number of halogens is 3. The Bertz CT molecular complexity index is 4800. The van der Waals surface area contributed by atoms with Gasteiger partial charge in [0.1, 0.15) is 11.6 Å². The fourth-order valence-corrected chi connectivity index (χ4v) is 11.3. The summed E-state index contributed by atoms with van der Waals surface area (Å²) in [5.41, 5.74) is 5.69. The Morgan fingerprint density at radius 3 is 0.779 bits per heavy atom. The number of hydrogen-bond donors (Lipinski definition) is 0. The van der Waals surface area contributed by atoms with Gasteiger partial charge in [0.25, 0.3) is 0 Å². The summed E-state index contributed by atoms with van der Waals surface area (Å²) in [7, 11) is 0. The van der Waals surface area contributed by atoms with Gasteiger partial charge >= 0.3 is 6.18 Å². The van der Waals surface area contributed by atoms with Crippen molar-refractivity contribution in [3.05, 3.63) is 237 Å². The summed E-state index contributed by atoms with van der Waals surface area (Å²) in [6.45, 7) is 0. The lowest BCUT2D eigenvalue weighted by molar-refractivity contribution is -0.137. The molecule has 0 spiro atoms. The molecule has 2 heterocycles. The third kappa shape index (κ3) is 9.09. The Hall–Kier alpha value is -13.5. The molecular weight excluding hydrogens is 1080 g/mol. The molecule has 2 aromatic heterocycles. The summed E-state index contributed by atoms with van der Waals surface area (Å²) in [6, 6.07) is 67.8. The van der Waals surface area contributed by atoms with Crippen LogP contribution in [0.2, 0.25) is 0 Å². The van der Waals surface area contributed by atoms with Crippen molar-refractivity contribution >= 4 is 43.6 Å². The van der Waals surface area contributed by atoms with E-state index >= 15 is 13.2 Å². The fraction of sp³-hybridized carbons (Fsp3) is 0.0141. The van der Waals surface area contributed by atoms with E-state index in [1.54, 1.807) is 106 Å². The summed E-state index contributed by atoms with van der Waals surface area (Å²) in [5.74, 6) is 0. The molecule has 12 aromatic rings. The average Bonchev–Trinajstić information content (AvgIpc) is 1.79. The number of rotatable bonds is 7. The molecule has 0 aliphatic rings. The van der Waals surface area contributed by atoms with Crippen molar-refractivity contribution < 1.29 is 13.2 Å². The number of hydrogen-bond acceptors (Lipinski definition) is 10. The van der Waals surface area contributed by atoms with Gasteiger partial charge in [-0.1, -0.05) is 54.6 Å². The lowest BCUT2D eigenvalue weighted by Crippen LogP contribution is -2.09. The van der Waals surface area contributed by atoms with Gasteiger partial charge in [-0.3, -0.25) is 0 Å². The van der Waals surface area contributed by atoms with Crippen LogP contribution in [-0.4, -0.2) is 9.13 Å². The van der Waals surface area contributed by atoms with Crippen molar-refractivity contribution in [1.82, 2.24) is 9.13 Å². The SMILES string of the molecule is N#Cc1cc(C#N)cc(-c2ccc3c4ccc(-c5cc(C#N)cc(C#N)c5)cc4n(-c4cc(-c5ccc(C#N)cc5C(F)(F)F)cc(-n5c6cc(-c7cc(C#N)cc(C#N)c7)ccc6c6ccc(-c7cc(C#N)cc(C#N)c7)cc65)c4C#N)c3c2)c1. The molecule has 10 aromatic carbocycles. The first-order valence-electron chi connectivity index (χ1n) is 25.9. The van der Waals surface area contributed by atoms with Gasteiger partial charge in [0.15, 0.2) is 0 Å².